The molecule has 0 saturated carbocycles. The molecule has 3 N–H and O–H groups in total. The predicted molar refractivity (Wildman–Crippen MR) is 121 cm³/mol. The molecule has 0 aliphatic carbocycles. The molecule has 0 unspecified atom stereocenters. The van der Waals surface area contributed by atoms with Crippen LogP contribution in [0.3, 0.4) is 0 Å². The van der Waals surface area contributed by atoms with Crippen LogP contribution >= 0.6 is 11.6 Å². The van der Waals surface area contributed by atoms with Gasteiger partial charge >= 0.3 is 12.0 Å². The molecule has 0 aliphatic rings. The second-order valence-electron chi connectivity index (χ2n) is 7.21. The van der Waals surface area contributed by atoms with Crippen molar-refractivity contribution in [2.75, 3.05) is 17.7 Å². The maximum absolute atomic E-state index is 12.2. The van der Waals surface area contributed by atoms with Crippen LogP contribution in [0.1, 0.15) is 19.7 Å². The predicted octanol–water partition coefficient (Wildman–Crippen LogP) is 4.21. The molecule has 0 radical (unpaired) electrons. The van der Waals surface area contributed by atoms with Gasteiger partial charge in [-0.2, -0.15) is 0 Å². The molecule has 2 amide bonds. The molecule has 8 nitrogen and oxygen atoms in total. The number of halogens is 1. The molecule has 0 aliphatic heterocycles. The van der Waals surface area contributed by atoms with Crippen molar-refractivity contribution in [3.63, 3.8) is 0 Å². The number of hydrogen-bond acceptors (Lipinski definition) is 6. The first-order valence-corrected chi connectivity index (χ1v) is 10.2. The lowest BCUT2D eigenvalue weighted by molar-refractivity contribution is -0.142. The van der Waals surface area contributed by atoms with Gasteiger partial charge in [0.05, 0.1) is 19.2 Å². The van der Waals surface area contributed by atoms with Crippen molar-refractivity contribution in [3.05, 3.63) is 59.4 Å². The number of aromatic nitrogens is 2. The Hall–Kier alpha value is -3.39. The van der Waals surface area contributed by atoms with Crippen LogP contribution in [-0.2, 0) is 16.1 Å². The summed E-state index contributed by atoms with van der Waals surface area (Å²) in [6, 6.07) is 13.3. The zero-order chi connectivity index (χ0) is 22.4. The molecule has 9 heteroatoms. The number of hydrogen-bond donors (Lipinski definition) is 3. The SMILES string of the molecule is COC(=O)[C@@H](Nc1nc(CNC(=O)Nc2ccc(Cl)cc2)nc2ccccc12)C(C)C. The molecular weight excluding hydrogens is 418 g/mol. The van der Waals surface area contributed by atoms with Crippen LogP contribution in [0.2, 0.25) is 5.02 Å². The molecule has 0 saturated heterocycles. The number of anilines is 2. The molecule has 1 heterocycles. The molecule has 3 rings (SSSR count). The average Bonchev–Trinajstić information content (AvgIpc) is 2.76. The van der Waals surface area contributed by atoms with Crippen molar-refractivity contribution in [1.82, 2.24) is 15.3 Å². The fraction of sp³-hybridized carbons (Fsp3) is 0.273. The minimum absolute atomic E-state index is 0.0205. The molecule has 31 heavy (non-hydrogen) atoms. The van der Waals surface area contributed by atoms with Crippen LogP contribution in [0.15, 0.2) is 48.5 Å². The van der Waals surface area contributed by atoms with E-state index in [9.17, 15) is 9.59 Å². The summed E-state index contributed by atoms with van der Waals surface area (Å²) in [5, 5.41) is 9.99. The Labute approximate surface area is 185 Å². The van der Waals surface area contributed by atoms with Crippen LogP contribution in [0.4, 0.5) is 16.3 Å². The van der Waals surface area contributed by atoms with Gasteiger partial charge in [0.15, 0.2) is 5.82 Å². The summed E-state index contributed by atoms with van der Waals surface area (Å²) in [7, 11) is 1.35. The fourth-order valence-corrected chi connectivity index (χ4v) is 3.08. The smallest absolute Gasteiger partial charge is 0.328 e. The Morgan fingerprint density at radius 2 is 1.77 bits per heavy atom. The van der Waals surface area contributed by atoms with Crippen LogP contribution in [0.5, 0.6) is 0 Å². The van der Waals surface area contributed by atoms with Crippen molar-refractivity contribution in [3.8, 4) is 0 Å². The van der Waals surface area contributed by atoms with Gasteiger partial charge in [-0.05, 0) is 42.3 Å². The Morgan fingerprint density at radius 3 is 2.45 bits per heavy atom. The first-order valence-electron chi connectivity index (χ1n) is 9.78. The molecule has 0 bridgehead atoms. The van der Waals surface area contributed by atoms with Gasteiger partial charge in [-0.15, -0.1) is 0 Å². The quantitative estimate of drug-likeness (QED) is 0.474. The Balaban J connectivity index is 1.78. The van der Waals surface area contributed by atoms with Crippen LogP contribution < -0.4 is 16.0 Å². The maximum atomic E-state index is 12.2. The van der Waals surface area contributed by atoms with Crippen LogP contribution in [0, 0.1) is 5.92 Å². The molecule has 3 aromatic rings. The number of ether oxygens (including phenoxy) is 1. The zero-order valence-corrected chi connectivity index (χ0v) is 18.2. The topological polar surface area (TPSA) is 105 Å². The second-order valence-corrected chi connectivity index (χ2v) is 7.65. The van der Waals surface area contributed by atoms with E-state index in [0.29, 0.717) is 27.9 Å². The number of rotatable bonds is 7. The second kappa shape index (κ2) is 10.1. The highest BCUT2D eigenvalue weighted by Gasteiger charge is 2.24. The summed E-state index contributed by atoms with van der Waals surface area (Å²) in [6.45, 7) is 3.94. The van der Waals surface area contributed by atoms with Gasteiger partial charge in [-0.1, -0.05) is 37.6 Å². The minimum atomic E-state index is -0.572. The van der Waals surface area contributed by atoms with Gasteiger partial charge in [0.2, 0.25) is 0 Å². The number of urea groups is 1. The van der Waals surface area contributed by atoms with E-state index in [-0.39, 0.29) is 18.4 Å². The Bertz CT molecular complexity index is 1070. The van der Waals surface area contributed by atoms with Crippen molar-refractivity contribution in [2.24, 2.45) is 5.92 Å². The van der Waals surface area contributed by atoms with Gasteiger partial charge in [0, 0.05) is 16.1 Å². The van der Waals surface area contributed by atoms with E-state index in [2.05, 4.69) is 25.9 Å². The lowest BCUT2D eigenvalue weighted by Crippen LogP contribution is -2.36. The van der Waals surface area contributed by atoms with Gasteiger partial charge in [-0.25, -0.2) is 19.6 Å². The van der Waals surface area contributed by atoms with Gasteiger partial charge in [0.1, 0.15) is 11.9 Å². The largest absolute Gasteiger partial charge is 0.467 e. The van der Waals surface area contributed by atoms with E-state index in [1.165, 1.54) is 7.11 Å². The summed E-state index contributed by atoms with van der Waals surface area (Å²) >= 11 is 5.86. The summed E-state index contributed by atoms with van der Waals surface area (Å²) in [5.74, 6) is 0.511. The third-order valence-corrected chi connectivity index (χ3v) is 4.82. The lowest BCUT2D eigenvalue weighted by atomic mass is 10.0. The summed E-state index contributed by atoms with van der Waals surface area (Å²) in [5.41, 5.74) is 1.31. The molecular formula is C22H24ClN5O3. The zero-order valence-electron chi connectivity index (χ0n) is 17.5. The van der Waals surface area contributed by atoms with Crippen molar-refractivity contribution >= 4 is 46.0 Å². The highest BCUT2D eigenvalue weighted by molar-refractivity contribution is 6.30. The molecule has 2 aromatic carbocycles. The standard InChI is InChI=1S/C22H24ClN5O3/c1-13(2)19(21(29)31-3)28-20-16-6-4-5-7-17(16)26-18(27-20)12-24-22(30)25-15-10-8-14(23)9-11-15/h4-11,13,19H,12H2,1-3H3,(H2,24,25,30)(H,26,27,28)/t19-/m0/s1. The summed E-state index contributed by atoms with van der Waals surface area (Å²) in [6.07, 6.45) is 0. The van der Waals surface area contributed by atoms with Gasteiger partial charge in [-0.3, -0.25) is 0 Å². The number of methoxy groups -OCH3 is 1. The van der Waals surface area contributed by atoms with Crippen LogP contribution in [-0.4, -0.2) is 35.1 Å². The lowest BCUT2D eigenvalue weighted by Gasteiger charge is -2.21. The highest BCUT2D eigenvalue weighted by Crippen LogP contribution is 2.22. The van der Waals surface area contributed by atoms with E-state index < -0.39 is 12.1 Å². The number of fused-ring (bicyclic) bond motifs is 1. The van der Waals surface area contributed by atoms with Crippen LogP contribution in [0.25, 0.3) is 10.9 Å². The average molecular weight is 442 g/mol. The number of carbonyl (C=O) groups excluding carboxylic acids is 2. The molecule has 1 atom stereocenters. The van der Waals surface area contributed by atoms with E-state index in [0.717, 1.165) is 5.39 Å². The molecule has 162 valence electrons. The van der Waals surface area contributed by atoms with Gasteiger partial charge in [0.25, 0.3) is 0 Å². The molecule has 1 aromatic heterocycles. The Kier molecular flexibility index (Phi) is 7.25. The fourth-order valence-electron chi connectivity index (χ4n) is 2.95. The van der Waals surface area contributed by atoms with E-state index in [1.54, 1.807) is 24.3 Å². The molecule has 0 spiro atoms. The third-order valence-electron chi connectivity index (χ3n) is 4.57. The van der Waals surface area contributed by atoms with Crippen molar-refractivity contribution < 1.29 is 14.3 Å². The van der Waals surface area contributed by atoms with Crippen molar-refractivity contribution in [2.45, 2.75) is 26.4 Å². The van der Waals surface area contributed by atoms with E-state index in [4.69, 9.17) is 16.3 Å². The minimum Gasteiger partial charge on any atom is -0.467 e. The molecule has 0 fully saturated rings. The Morgan fingerprint density at radius 1 is 1.06 bits per heavy atom. The van der Waals surface area contributed by atoms with Gasteiger partial charge < -0.3 is 20.7 Å². The third kappa shape index (κ3) is 5.82. The monoisotopic (exact) mass is 441 g/mol. The first kappa shape index (κ1) is 22.3. The number of nitrogens with zero attached hydrogens (tertiary/aromatic N) is 2. The number of nitrogens with one attached hydrogen (secondary N) is 3. The summed E-state index contributed by atoms with van der Waals surface area (Å²) in [4.78, 5) is 33.5. The number of amides is 2. The van der Waals surface area contributed by atoms with E-state index >= 15 is 0 Å². The summed E-state index contributed by atoms with van der Waals surface area (Å²) < 4.78 is 4.91. The van der Waals surface area contributed by atoms with E-state index in [1.807, 2.05) is 38.1 Å². The maximum Gasteiger partial charge on any atom is 0.328 e. The normalized spacial score (nSPS) is 11.8. The number of para-hydroxylation sites is 1. The van der Waals surface area contributed by atoms with Crippen molar-refractivity contribution in [1.29, 1.82) is 0 Å². The highest BCUT2D eigenvalue weighted by atomic mass is 35.5. The number of carbonyl (C=O) groups is 2. The number of esters is 1. The first-order chi connectivity index (χ1) is 14.9. The number of benzene rings is 2.